The molecule has 0 aliphatic rings. The minimum absolute atomic E-state index is 0.0144. The van der Waals surface area contributed by atoms with Gasteiger partial charge in [0.2, 0.25) is 0 Å². The lowest BCUT2D eigenvalue weighted by molar-refractivity contribution is -0.148. The van der Waals surface area contributed by atoms with E-state index in [9.17, 15) is 9.59 Å². The zero-order valence-corrected chi connectivity index (χ0v) is 24.0. The van der Waals surface area contributed by atoms with Crippen molar-refractivity contribution in [2.75, 3.05) is 19.8 Å². The van der Waals surface area contributed by atoms with Gasteiger partial charge in [-0.1, -0.05) is 96.9 Å². The van der Waals surface area contributed by atoms with E-state index in [1.54, 1.807) is 0 Å². The summed E-state index contributed by atoms with van der Waals surface area (Å²) in [7, 11) is 0. The second kappa shape index (κ2) is 18.4. The summed E-state index contributed by atoms with van der Waals surface area (Å²) in [6.07, 6.45) is 11.1. The monoisotopic (exact) mass is 524 g/mol. The second-order valence-corrected chi connectivity index (χ2v) is 10.4. The smallest absolute Gasteiger partial charge is 0.338 e. The molecule has 0 heterocycles. The van der Waals surface area contributed by atoms with Crippen molar-refractivity contribution in [1.29, 1.82) is 0 Å². The van der Waals surface area contributed by atoms with E-state index in [1.807, 2.05) is 50.2 Å². The van der Waals surface area contributed by atoms with E-state index in [0.717, 1.165) is 55.6 Å². The summed E-state index contributed by atoms with van der Waals surface area (Å²) >= 11 is 0. The number of esters is 2. The van der Waals surface area contributed by atoms with E-state index in [2.05, 4.69) is 26.0 Å². The molecular weight excluding hydrogens is 476 g/mol. The molecule has 2 aromatic rings. The van der Waals surface area contributed by atoms with Crippen LogP contribution in [0.5, 0.6) is 5.75 Å². The van der Waals surface area contributed by atoms with Crippen molar-refractivity contribution >= 4 is 11.9 Å². The van der Waals surface area contributed by atoms with Crippen molar-refractivity contribution in [3.8, 4) is 16.9 Å². The number of ether oxygens (including phenoxy) is 3. The van der Waals surface area contributed by atoms with Gasteiger partial charge in [0.15, 0.2) is 0 Å². The van der Waals surface area contributed by atoms with Gasteiger partial charge in [0.05, 0.1) is 31.3 Å². The summed E-state index contributed by atoms with van der Waals surface area (Å²) in [5.74, 6) is 0.943. The van der Waals surface area contributed by atoms with Crippen LogP contribution in [0.25, 0.3) is 11.1 Å². The minimum atomic E-state index is -0.266. The summed E-state index contributed by atoms with van der Waals surface area (Å²) in [4.78, 5) is 23.8. The molecule has 2 unspecified atom stereocenters. The summed E-state index contributed by atoms with van der Waals surface area (Å²) in [5.41, 5.74) is 2.73. The Bertz CT molecular complexity index is 919. The highest BCUT2D eigenvalue weighted by Gasteiger charge is 2.11. The molecule has 0 N–H and O–H groups in total. The van der Waals surface area contributed by atoms with Gasteiger partial charge >= 0.3 is 11.9 Å². The average Bonchev–Trinajstić information content (AvgIpc) is 2.96. The van der Waals surface area contributed by atoms with Crippen LogP contribution in [0.15, 0.2) is 48.5 Å². The molecule has 0 bridgehead atoms. The van der Waals surface area contributed by atoms with E-state index in [4.69, 9.17) is 14.2 Å². The summed E-state index contributed by atoms with van der Waals surface area (Å²) in [6, 6.07) is 15.7. The fourth-order valence-electron chi connectivity index (χ4n) is 3.90. The zero-order valence-electron chi connectivity index (χ0n) is 24.0. The third-order valence-corrected chi connectivity index (χ3v) is 7.07. The van der Waals surface area contributed by atoms with Crippen LogP contribution in [-0.2, 0) is 14.3 Å². The van der Waals surface area contributed by atoms with Crippen molar-refractivity contribution in [1.82, 2.24) is 0 Å². The van der Waals surface area contributed by atoms with Gasteiger partial charge in [0.1, 0.15) is 5.75 Å². The predicted octanol–water partition coefficient (Wildman–Crippen LogP) is 8.65. The first-order chi connectivity index (χ1) is 18.4. The van der Waals surface area contributed by atoms with Crippen LogP contribution in [-0.4, -0.2) is 31.8 Å². The zero-order chi connectivity index (χ0) is 27.6. The average molecular weight is 525 g/mol. The number of hydrogen-bond donors (Lipinski definition) is 0. The Morgan fingerprint density at radius 3 is 1.74 bits per heavy atom. The normalized spacial score (nSPS) is 12.5. The molecular formula is C33H48O5. The molecule has 0 saturated carbocycles. The highest BCUT2D eigenvalue weighted by molar-refractivity contribution is 5.90. The molecule has 38 heavy (non-hydrogen) atoms. The number of carbonyl (C=O) groups excluding carboxylic acids is 2. The molecule has 0 spiro atoms. The molecule has 5 heteroatoms. The third-order valence-electron chi connectivity index (χ3n) is 7.07. The van der Waals surface area contributed by atoms with Gasteiger partial charge in [0, 0.05) is 0 Å². The SMILES string of the molecule is CCC(C)COC(=O)c1ccc(-c2ccc(OCCCCCCCCCCOC(=O)C(C)CC)cc2)cc1. The molecule has 2 aromatic carbocycles. The lowest BCUT2D eigenvalue weighted by Gasteiger charge is -2.10. The van der Waals surface area contributed by atoms with E-state index in [0.29, 0.717) is 24.7 Å². The number of unbranched alkanes of at least 4 members (excludes halogenated alkanes) is 7. The molecule has 0 radical (unpaired) electrons. The van der Waals surface area contributed by atoms with Gasteiger partial charge < -0.3 is 14.2 Å². The molecule has 0 saturated heterocycles. The number of carbonyl (C=O) groups is 2. The van der Waals surface area contributed by atoms with E-state index in [1.165, 1.54) is 32.1 Å². The quantitative estimate of drug-likeness (QED) is 0.136. The van der Waals surface area contributed by atoms with Crippen LogP contribution < -0.4 is 4.74 Å². The van der Waals surface area contributed by atoms with Crippen molar-refractivity contribution in [2.24, 2.45) is 11.8 Å². The number of rotatable bonds is 19. The van der Waals surface area contributed by atoms with Crippen LogP contribution in [0.1, 0.15) is 102 Å². The number of benzene rings is 2. The Kier molecular flexibility index (Phi) is 15.2. The highest BCUT2D eigenvalue weighted by Crippen LogP contribution is 2.23. The Balaban J connectivity index is 1.54. The molecule has 210 valence electrons. The summed E-state index contributed by atoms with van der Waals surface area (Å²) in [6.45, 7) is 9.84. The van der Waals surface area contributed by atoms with Crippen LogP contribution in [0.2, 0.25) is 0 Å². The lowest BCUT2D eigenvalue weighted by Crippen LogP contribution is -2.14. The number of hydrogen-bond acceptors (Lipinski definition) is 5. The molecule has 5 nitrogen and oxygen atoms in total. The summed E-state index contributed by atoms with van der Waals surface area (Å²) in [5, 5.41) is 0. The molecule has 2 atom stereocenters. The van der Waals surface area contributed by atoms with Gasteiger partial charge in [-0.2, -0.15) is 0 Å². The van der Waals surface area contributed by atoms with Crippen LogP contribution in [0, 0.1) is 11.8 Å². The predicted molar refractivity (Wildman–Crippen MR) is 154 cm³/mol. The molecule has 0 fully saturated rings. The second-order valence-electron chi connectivity index (χ2n) is 10.4. The fourth-order valence-corrected chi connectivity index (χ4v) is 3.90. The molecule has 0 aliphatic heterocycles. The Labute approximate surface area is 230 Å². The molecule has 0 amide bonds. The fraction of sp³-hybridized carbons (Fsp3) is 0.576. The largest absolute Gasteiger partial charge is 0.494 e. The first kappa shape index (κ1) is 31.4. The van der Waals surface area contributed by atoms with Crippen molar-refractivity contribution in [2.45, 2.75) is 91.9 Å². The van der Waals surface area contributed by atoms with Crippen LogP contribution in [0.3, 0.4) is 0 Å². The van der Waals surface area contributed by atoms with E-state index in [-0.39, 0.29) is 17.9 Å². The van der Waals surface area contributed by atoms with Crippen molar-refractivity contribution in [3.05, 3.63) is 54.1 Å². The topological polar surface area (TPSA) is 61.8 Å². The Morgan fingerprint density at radius 2 is 1.18 bits per heavy atom. The lowest BCUT2D eigenvalue weighted by atomic mass is 10.0. The molecule has 0 aliphatic carbocycles. The Morgan fingerprint density at radius 1 is 0.658 bits per heavy atom. The standard InChI is InChI=1S/C33H48O5/c1-5-26(3)25-38-33(35)30-17-15-28(16-18-30)29-19-21-31(22-20-29)36-23-13-11-9-7-8-10-12-14-24-37-32(34)27(4)6-2/h15-22,26-27H,5-14,23-25H2,1-4H3. The van der Waals surface area contributed by atoms with E-state index >= 15 is 0 Å². The van der Waals surface area contributed by atoms with Crippen LogP contribution >= 0.6 is 0 Å². The minimum Gasteiger partial charge on any atom is -0.494 e. The highest BCUT2D eigenvalue weighted by atomic mass is 16.5. The maximum atomic E-state index is 12.2. The van der Waals surface area contributed by atoms with Gasteiger partial charge in [0.25, 0.3) is 0 Å². The van der Waals surface area contributed by atoms with E-state index < -0.39 is 0 Å². The molecule has 2 rings (SSSR count). The first-order valence-electron chi connectivity index (χ1n) is 14.6. The van der Waals surface area contributed by atoms with Crippen molar-refractivity contribution < 1.29 is 23.8 Å². The van der Waals surface area contributed by atoms with Gasteiger partial charge in [-0.15, -0.1) is 0 Å². The van der Waals surface area contributed by atoms with Crippen molar-refractivity contribution in [3.63, 3.8) is 0 Å². The summed E-state index contributed by atoms with van der Waals surface area (Å²) < 4.78 is 16.6. The van der Waals surface area contributed by atoms with Gasteiger partial charge in [-0.3, -0.25) is 4.79 Å². The maximum absolute atomic E-state index is 12.2. The van der Waals surface area contributed by atoms with Crippen LogP contribution in [0.4, 0.5) is 0 Å². The maximum Gasteiger partial charge on any atom is 0.338 e. The van der Waals surface area contributed by atoms with Gasteiger partial charge in [-0.25, -0.2) is 4.79 Å². The first-order valence-corrected chi connectivity index (χ1v) is 14.6. The molecule has 0 aromatic heterocycles. The Hall–Kier alpha value is -2.82. The third kappa shape index (κ3) is 12.1. The van der Waals surface area contributed by atoms with Gasteiger partial charge in [-0.05, 0) is 60.6 Å².